The van der Waals surface area contributed by atoms with Crippen LogP contribution in [0.1, 0.15) is 18.5 Å². The number of nitrogens with one attached hydrogen (secondary N) is 4. The Morgan fingerprint density at radius 1 is 1.09 bits per heavy atom. The third kappa shape index (κ3) is 10.1. The minimum atomic E-state index is -1.51. The quantitative estimate of drug-likeness (QED) is 0.123. The SMILES string of the molecule is CSCCC(N)C(=O)NC(CC(=O)O)C(=O)NC(Cc1cnc[nH]1)C(=O)NC(CS)C(=O)O. The number of thioether (sulfide) groups is 1. The Labute approximate surface area is 199 Å². The predicted octanol–water partition coefficient (Wildman–Crippen LogP) is -2.02. The van der Waals surface area contributed by atoms with Crippen LogP contribution in [0.2, 0.25) is 0 Å². The number of carbonyl (C=O) groups excluding carboxylic acids is 3. The van der Waals surface area contributed by atoms with Gasteiger partial charge in [0, 0.05) is 24.1 Å². The molecule has 0 aliphatic carbocycles. The Hall–Kier alpha value is -2.78. The van der Waals surface area contributed by atoms with Gasteiger partial charge in [-0.05, 0) is 18.4 Å². The van der Waals surface area contributed by atoms with Crippen molar-refractivity contribution in [3.8, 4) is 0 Å². The van der Waals surface area contributed by atoms with Crippen LogP contribution in [0, 0.1) is 0 Å². The van der Waals surface area contributed by atoms with Crippen LogP contribution in [0.5, 0.6) is 0 Å². The number of imidazole rings is 1. The summed E-state index contributed by atoms with van der Waals surface area (Å²) in [5.41, 5.74) is 6.23. The van der Waals surface area contributed by atoms with Gasteiger partial charge in [-0.15, -0.1) is 0 Å². The molecule has 33 heavy (non-hydrogen) atoms. The van der Waals surface area contributed by atoms with E-state index in [-0.39, 0.29) is 12.2 Å². The number of rotatable bonds is 15. The number of nitrogens with two attached hydrogens (primary N) is 1. The molecule has 0 aromatic carbocycles. The number of hydrogen-bond donors (Lipinski definition) is 8. The molecule has 0 spiro atoms. The van der Waals surface area contributed by atoms with Crippen LogP contribution in [-0.2, 0) is 30.4 Å². The van der Waals surface area contributed by atoms with Crippen molar-refractivity contribution in [1.29, 1.82) is 0 Å². The first-order valence-electron chi connectivity index (χ1n) is 9.77. The Kier molecular flexibility index (Phi) is 12.3. The fourth-order valence-corrected chi connectivity index (χ4v) is 3.33. The molecule has 13 nitrogen and oxygen atoms in total. The van der Waals surface area contributed by atoms with Gasteiger partial charge < -0.3 is 36.9 Å². The standard InChI is InChI=1S/C18H28N6O7S2/c1-33-3-2-10(19)15(27)22-12(5-14(25)26)17(29)23-11(4-9-6-20-8-21-9)16(28)24-13(7-32)18(30)31/h6,8,10-13,32H,2-5,7,19H2,1H3,(H,20,21)(H,22,27)(H,23,29)(H,24,28)(H,25,26)(H,30,31). The molecule has 0 bridgehead atoms. The third-order valence-electron chi connectivity index (χ3n) is 4.39. The van der Waals surface area contributed by atoms with E-state index in [9.17, 15) is 24.0 Å². The van der Waals surface area contributed by atoms with Crippen LogP contribution >= 0.6 is 24.4 Å². The number of H-pyrrole nitrogens is 1. The van der Waals surface area contributed by atoms with Gasteiger partial charge in [0.2, 0.25) is 17.7 Å². The predicted molar refractivity (Wildman–Crippen MR) is 123 cm³/mol. The lowest BCUT2D eigenvalue weighted by Crippen LogP contribution is -2.58. The number of aromatic nitrogens is 2. The van der Waals surface area contributed by atoms with Crippen LogP contribution in [0.25, 0.3) is 0 Å². The first-order chi connectivity index (χ1) is 15.6. The third-order valence-corrected chi connectivity index (χ3v) is 5.40. The summed E-state index contributed by atoms with van der Waals surface area (Å²) >= 11 is 5.35. The van der Waals surface area contributed by atoms with Crippen molar-refractivity contribution in [2.75, 3.05) is 17.8 Å². The molecule has 1 rings (SSSR count). The molecular weight excluding hydrogens is 476 g/mol. The Bertz CT molecular complexity index is 823. The lowest BCUT2D eigenvalue weighted by Gasteiger charge is -2.24. The molecule has 184 valence electrons. The molecule has 0 aliphatic rings. The zero-order valence-electron chi connectivity index (χ0n) is 17.8. The lowest BCUT2D eigenvalue weighted by molar-refractivity contribution is -0.142. The highest BCUT2D eigenvalue weighted by Gasteiger charge is 2.31. The van der Waals surface area contributed by atoms with E-state index in [0.717, 1.165) is 0 Å². The molecule has 4 atom stereocenters. The number of amides is 3. The van der Waals surface area contributed by atoms with E-state index in [0.29, 0.717) is 17.9 Å². The van der Waals surface area contributed by atoms with Crippen molar-refractivity contribution < 1.29 is 34.2 Å². The van der Waals surface area contributed by atoms with Crippen molar-refractivity contribution in [3.63, 3.8) is 0 Å². The molecule has 15 heteroatoms. The second-order valence-corrected chi connectivity index (χ2v) is 8.32. The number of carboxylic acids is 2. The van der Waals surface area contributed by atoms with E-state index in [4.69, 9.17) is 15.9 Å². The first-order valence-corrected chi connectivity index (χ1v) is 11.8. The zero-order valence-corrected chi connectivity index (χ0v) is 19.5. The van der Waals surface area contributed by atoms with Crippen molar-refractivity contribution in [3.05, 3.63) is 18.2 Å². The summed E-state index contributed by atoms with van der Waals surface area (Å²) in [5.74, 6) is -4.77. The first kappa shape index (κ1) is 28.3. The van der Waals surface area contributed by atoms with Gasteiger partial charge in [0.05, 0.1) is 18.8 Å². The minimum Gasteiger partial charge on any atom is -0.481 e. The molecular formula is C18H28N6O7S2. The zero-order chi connectivity index (χ0) is 25.0. The maximum absolute atomic E-state index is 12.8. The Balaban J connectivity index is 3.00. The molecule has 4 unspecified atom stereocenters. The monoisotopic (exact) mass is 504 g/mol. The van der Waals surface area contributed by atoms with Gasteiger partial charge in [0.25, 0.3) is 0 Å². The van der Waals surface area contributed by atoms with Crippen LogP contribution in [0.15, 0.2) is 12.5 Å². The summed E-state index contributed by atoms with van der Waals surface area (Å²) in [6.07, 6.45) is 4.06. The molecule has 3 amide bonds. The molecule has 1 heterocycles. The van der Waals surface area contributed by atoms with Crippen LogP contribution in [-0.4, -0.2) is 91.8 Å². The van der Waals surface area contributed by atoms with Gasteiger partial charge in [0.15, 0.2) is 0 Å². The summed E-state index contributed by atoms with van der Waals surface area (Å²) in [5, 5.41) is 25.2. The summed E-state index contributed by atoms with van der Waals surface area (Å²) < 4.78 is 0. The number of hydrogen-bond acceptors (Lipinski definition) is 9. The van der Waals surface area contributed by atoms with E-state index >= 15 is 0 Å². The number of thiol groups is 1. The topological polar surface area (TPSA) is 217 Å². The molecule has 0 saturated heterocycles. The van der Waals surface area contributed by atoms with Gasteiger partial charge >= 0.3 is 11.9 Å². The fourth-order valence-electron chi connectivity index (χ4n) is 2.59. The fraction of sp³-hybridized carbons (Fsp3) is 0.556. The lowest BCUT2D eigenvalue weighted by atomic mass is 10.1. The Morgan fingerprint density at radius 3 is 2.21 bits per heavy atom. The molecule has 0 fully saturated rings. The van der Waals surface area contributed by atoms with E-state index < -0.39 is 60.2 Å². The molecule has 0 radical (unpaired) electrons. The van der Waals surface area contributed by atoms with Gasteiger partial charge in [-0.3, -0.25) is 19.2 Å². The highest BCUT2D eigenvalue weighted by molar-refractivity contribution is 7.98. The molecule has 0 aliphatic heterocycles. The van der Waals surface area contributed by atoms with Crippen LogP contribution in [0.3, 0.4) is 0 Å². The normalized spacial score (nSPS) is 14.4. The number of nitrogens with zero attached hydrogens (tertiary/aromatic N) is 1. The molecule has 0 saturated carbocycles. The Morgan fingerprint density at radius 2 is 1.70 bits per heavy atom. The number of carboxylic acid groups (broad SMARTS) is 2. The van der Waals surface area contributed by atoms with Gasteiger partial charge in [0.1, 0.15) is 18.1 Å². The highest BCUT2D eigenvalue weighted by atomic mass is 32.2. The van der Waals surface area contributed by atoms with Crippen molar-refractivity contribution in [2.24, 2.45) is 5.73 Å². The van der Waals surface area contributed by atoms with Crippen LogP contribution in [0.4, 0.5) is 0 Å². The van der Waals surface area contributed by atoms with Crippen molar-refractivity contribution >= 4 is 54.1 Å². The molecule has 8 N–H and O–H groups in total. The van der Waals surface area contributed by atoms with Gasteiger partial charge in [-0.2, -0.15) is 24.4 Å². The summed E-state index contributed by atoms with van der Waals surface area (Å²) in [4.78, 5) is 66.8. The molecule has 1 aromatic rings. The molecule has 1 aromatic heterocycles. The van der Waals surface area contributed by atoms with Gasteiger partial charge in [-0.25, -0.2) is 9.78 Å². The summed E-state index contributed by atoms with van der Waals surface area (Å²) in [6, 6.07) is -5.06. The second-order valence-electron chi connectivity index (χ2n) is 6.97. The average molecular weight is 505 g/mol. The number of aromatic amines is 1. The average Bonchev–Trinajstić information content (AvgIpc) is 3.27. The van der Waals surface area contributed by atoms with Crippen molar-refractivity contribution in [1.82, 2.24) is 25.9 Å². The van der Waals surface area contributed by atoms with Crippen LogP contribution < -0.4 is 21.7 Å². The largest absolute Gasteiger partial charge is 0.481 e. The van der Waals surface area contributed by atoms with Gasteiger partial charge in [-0.1, -0.05) is 0 Å². The smallest absolute Gasteiger partial charge is 0.327 e. The maximum atomic E-state index is 12.8. The highest BCUT2D eigenvalue weighted by Crippen LogP contribution is 2.04. The van der Waals surface area contributed by atoms with Crippen molar-refractivity contribution in [2.45, 2.75) is 43.4 Å². The second kappa shape index (κ2) is 14.4. The number of aliphatic carboxylic acids is 2. The van der Waals surface area contributed by atoms with E-state index in [1.807, 2.05) is 6.26 Å². The summed E-state index contributed by atoms with van der Waals surface area (Å²) in [7, 11) is 0. The van der Waals surface area contributed by atoms with E-state index in [2.05, 4.69) is 38.5 Å². The van der Waals surface area contributed by atoms with E-state index in [1.54, 1.807) is 0 Å². The van der Waals surface area contributed by atoms with E-state index in [1.165, 1.54) is 24.3 Å². The maximum Gasteiger partial charge on any atom is 0.327 e. The minimum absolute atomic E-state index is 0.0997. The summed E-state index contributed by atoms with van der Waals surface area (Å²) in [6.45, 7) is 0. The number of carbonyl (C=O) groups is 5.